The Bertz CT molecular complexity index is 694. The van der Waals surface area contributed by atoms with Gasteiger partial charge < -0.3 is 5.32 Å². The Morgan fingerprint density at radius 1 is 1.16 bits per heavy atom. The highest BCUT2D eigenvalue weighted by molar-refractivity contribution is 7.99. The van der Waals surface area contributed by atoms with Crippen LogP contribution in [-0.4, -0.2) is 35.7 Å². The summed E-state index contributed by atoms with van der Waals surface area (Å²) in [6.45, 7) is 2.65. The van der Waals surface area contributed by atoms with Crippen molar-refractivity contribution in [2.75, 3.05) is 13.1 Å². The van der Waals surface area contributed by atoms with Crippen LogP contribution < -0.4 is 5.32 Å². The molecule has 2 aromatic rings. The largest absolute Gasteiger partial charge is 0.348 e. The van der Waals surface area contributed by atoms with Gasteiger partial charge in [0.15, 0.2) is 0 Å². The van der Waals surface area contributed by atoms with E-state index >= 15 is 0 Å². The third-order valence-electron chi connectivity index (χ3n) is 4.20. The number of halogens is 2. The summed E-state index contributed by atoms with van der Waals surface area (Å²) >= 11 is 0.481. The number of likely N-dealkylation sites (tertiary alicyclic amines) is 1. The Kier molecular flexibility index (Phi) is 6.04. The van der Waals surface area contributed by atoms with Crippen LogP contribution in [0.5, 0.6) is 0 Å². The zero-order valence-corrected chi connectivity index (χ0v) is 14.5. The van der Waals surface area contributed by atoms with Crippen LogP contribution in [0.4, 0.5) is 8.78 Å². The third kappa shape index (κ3) is 5.28. The molecule has 132 valence electrons. The molecular formula is C19H20F2N2OS. The minimum atomic E-state index is -2.45. The number of carbonyl (C=O) groups excluding carboxylic acids is 1. The second kappa shape index (κ2) is 8.45. The Labute approximate surface area is 150 Å². The Morgan fingerprint density at radius 2 is 1.88 bits per heavy atom. The maximum Gasteiger partial charge on any atom is 0.288 e. The standard InChI is InChI=1S/C19H20F2N2OS/c20-19(21)25-17-8-6-15(7-9-17)18(24)22-16-10-11-23(13-16)12-14-4-2-1-3-5-14/h1-9,16,19H,10-13H2,(H,22,24). The molecule has 1 aliphatic heterocycles. The molecule has 3 rings (SSSR count). The Balaban J connectivity index is 1.50. The molecule has 6 heteroatoms. The van der Waals surface area contributed by atoms with Crippen LogP contribution in [-0.2, 0) is 6.54 Å². The van der Waals surface area contributed by atoms with Gasteiger partial charge in [0.05, 0.1) is 0 Å². The molecule has 1 aliphatic rings. The molecule has 0 saturated carbocycles. The first-order valence-electron chi connectivity index (χ1n) is 8.22. The Morgan fingerprint density at radius 3 is 2.56 bits per heavy atom. The highest BCUT2D eigenvalue weighted by Gasteiger charge is 2.24. The molecule has 0 aromatic heterocycles. The van der Waals surface area contributed by atoms with E-state index in [1.165, 1.54) is 5.56 Å². The zero-order valence-electron chi connectivity index (χ0n) is 13.7. The van der Waals surface area contributed by atoms with Gasteiger partial charge in [0.25, 0.3) is 11.7 Å². The van der Waals surface area contributed by atoms with E-state index in [0.29, 0.717) is 22.2 Å². The summed E-state index contributed by atoms with van der Waals surface area (Å²) in [5.74, 6) is -2.60. The molecule has 1 unspecified atom stereocenters. The molecule has 3 nitrogen and oxygen atoms in total. The van der Waals surface area contributed by atoms with Gasteiger partial charge in [-0.15, -0.1) is 0 Å². The lowest BCUT2D eigenvalue weighted by atomic mass is 10.2. The fourth-order valence-corrected chi connectivity index (χ4v) is 3.49. The van der Waals surface area contributed by atoms with E-state index in [1.54, 1.807) is 24.3 Å². The summed E-state index contributed by atoms with van der Waals surface area (Å²) in [7, 11) is 0. The number of hydrogen-bond donors (Lipinski definition) is 1. The predicted octanol–water partition coefficient (Wildman–Crippen LogP) is 4.01. The molecule has 25 heavy (non-hydrogen) atoms. The van der Waals surface area contributed by atoms with E-state index in [9.17, 15) is 13.6 Å². The number of nitrogens with zero attached hydrogens (tertiary/aromatic N) is 1. The van der Waals surface area contributed by atoms with E-state index in [1.807, 2.05) is 18.2 Å². The van der Waals surface area contributed by atoms with Crippen molar-refractivity contribution in [1.82, 2.24) is 10.2 Å². The van der Waals surface area contributed by atoms with Gasteiger partial charge in [0.1, 0.15) is 0 Å². The smallest absolute Gasteiger partial charge is 0.288 e. The van der Waals surface area contributed by atoms with E-state index in [0.717, 1.165) is 26.1 Å². The fraction of sp³-hybridized carbons (Fsp3) is 0.316. The summed E-state index contributed by atoms with van der Waals surface area (Å²) in [6, 6.07) is 16.7. The molecule has 0 spiro atoms. The molecule has 1 amide bonds. The lowest BCUT2D eigenvalue weighted by Gasteiger charge is -2.17. The Hall–Kier alpha value is -1.92. The lowest BCUT2D eigenvalue weighted by Crippen LogP contribution is -2.36. The quantitative estimate of drug-likeness (QED) is 0.788. The van der Waals surface area contributed by atoms with Crippen LogP contribution in [0.2, 0.25) is 0 Å². The molecule has 1 fully saturated rings. The molecule has 1 heterocycles. The first kappa shape index (κ1) is 17.9. The number of carbonyl (C=O) groups is 1. The molecule has 0 aliphatic carbocycles. The number of thioether (sulfide) groups is 1. The van der Waals surface area contributed by atoms with Gasteiger partial charge in [0.2, 0.25) is 0 Å². The van der Waals surface area contributed by atoms with Crippen LogP contribution >= 0.6 is 11.8 Å². The minimum Gasteiger partial charge on any atom is -0.348 e. The van der Waals surface area contributed by atoms with Crippen molar-refractivity contribution >= 4 is 17.7 Å². The van der Waals surface area contributed by atoms with Gasteiger partial charge in [-0.1, -0.05) is 42.1 Å². The van der Waals surface area contributed by atoms with Crippen LogP contribution in [0.15, 0.2) is 59.5 Å². The number of benzene rings is 2. The van der Waals surface area contributed by atoms with Gasteiger partial charge in [0, 0.05) is 36.1 Å². The number of hydrogen-bond acceptors (Lipinski definition) is 3. The second-order valence-electron chi connectivity index (χ2n) is 6.08. The maximum atomic E-state index is 12.3. The van der Waals surface area contributed by atoms with Crippen molar-refractivity contribution in [1.29, 1.82) is 0 Å². The van der Waals surface area contributed by atoms with Crippen molar-refractivity contribution in [3.63, 3.8) is 0 Å². The van der Waals surface area contributed by atoms with E-state index in [4.69, 9.17) is 0 Å². The molecule has 0 radical (unpaired) electrons. The second-order valence-corrected chi connectivity index (χ2v) is 7.15. The van der Waals surface area contributed by atoms with Crippen molar-refractivity contribution in [3.05, 3.63) is 65.7 Å². The first-order chi connectivity index (χ1) is 12.1. The molecule has 2 aromatic carbocycles. The fourth-order valence-electron chi connectivity index (χ4n) is 2.99. The van der Waals surface area contributed by atoms with E-state index < -0.39 is 5.76 Å². The topological polar surface area (TPSA) is 32.3 Å². The maximum absolute atomic E-state index is 12.3. The third-order valence-corrected chi connectivity index (χ3v) is 4.92. The first-order valence-corrected chi connectivity index (χ1v) is 9.10. The average molecular weight is 362 g/mol. The average Bonchev–Trinajstić information content (AvgIpc) is 3.02. The van der Waals surface area contributed by atoms with Crippen molar-refractivity contribution in [2.45, 2.75) is 29.7 Å². The van der Waals surface area contributed by atoms with Crippen molar-refractivity contribution in [2.24, 2.45) is 0 Å². The van der Waals surface area contributed by atoms with Crippen molar-refractivity contribution < 1.29 is 13.6 Å². The predicted molar refractivity (Wildman–Crippen MR) is 95.9 cm³/mol. The lowest BCUT2D eigenvalue weighted by molar-refractivity contribution is 0.0937. The SMILES string of the molecule is O=C(NC1CCN(Cc2ccccc2)C1)c1ccc(SC(F)F)cc1. The van der Waals surface area contributed by atoms with Crippen LogP contribution in [0, 0.1) is 0 Å². The molecular weight excluding hydrogens is 342 g/mol. The van der Waals surface area contributed by atoms with Gasteiger partial charge >= 0.3 is 0 Å². The number of alkyl halides is 2. The molecule has 0 bridgehead atoms. The van der Waals surface area contributed by atoms with Gasteiger partial charge in [-0.2, -0.15) is 8.78 Å². The van der Waals surface area contributed by atoms with Crippen LogP contribution in [0.3, 0.4) is 0 Å². The number of nitrogens with one attached hydrogen (secondary N) is 1. The monoisotopic (exact) mass is 362 g/mol. The summed E-state index contributed by atoms with van der Waals surface area (Å²) in [6.07, 6.45) is 0.915. The van der Waals surface area contributed by atoms with Crippen LogP contribution in [0.25, 0.3) is 0 Å². The minimum absolute atomic E-state index is 0.117. The zero-order chi connectivity index (χ0) is 17.6. The number of rotatable bonds is 6. The van der Waals surface area contributed by atoms with Gasteiger partial charge in [-0.25, -0.2) is 0 Å². The summed E-state index contributed by atoms with van der Waals surface area (Å²) in [5.41, 5.74) is 1.77. The van der Waals surface area contributed by atoms with E-state index in [-0.39, 0.29) is 11.9 Å². The highest BCUT2D eigenvalue weighted by Crippen LogP contribution is 2.25. The van der Waals surface area contributed by atoms with Gasteiger partial charge in [-0.3, -0.25) is 9.69 Å². The molecule has 1 atom stereocenters. The summed E-state index contributed by atoms with van der Waals surface area (Å²) < 4.78 is 24.6. The van der Waals surface area contributed by atoms with Crippen molar-refractivity contribution in [3.8, 4) is 0 Å². The highest BCUT2D eigenvalue weighted by atomic mass is 32.2. The summed E-state index contributed by atoms with van der Waals surface area (Å²) in [4.78, 5) is 15.1. The molecule has 1 saturated heterocycles. The normalized spacial score (nSPS) is 17.8. The summed E-state index contributed by atoms with van der Waals surface area (Å²) in [5, 5.41) is 3.04. The molecule has 1 N–H and O–H groups in total. The van der Waals surface area contributed by atoms with Crippen LogP contribution in [0.1, 0.15) is 22.3 Å². The van der Waals surface area contributed by atoms with Gasteiger partial charge in [-0.05, 0) is 36.2 Å². The number of amides is 1. The van der Waals surface area contributed by atoms with E-state index in [2.05, 4.69) is 22.3 Å².